The molecule has 100 valence electrons. The lowest BCUT2D eigenvalue weighted by molar-refractivity contribution is 0.0952. The number of rotatable bonds is 7. The third-order valence-corrected chi connectivity index (χ3v) is 2.87. The molecule has 0 saturated heterocycles. The van der Waals surface area contributed by atoms with Crippen LogP contribution in [0.5, 0.6) is 0 Å². The zero-order valence-corrected chi connectivity index (χ0v) is 11.4. The van der Waals surface area contributed by atoms with Gasteiger partial charge in [-0.1, -0.05) is 26.0 Å². The fraction of sp³-hybridized carbons (Fsp3) is 0.533. The Morgan fingerprint density at radius 3 is 2.83 bits per heavy atom. The SMILES string of the molecule is CC(C)CCCNC(=O)c1cccc(CCN)c1. The predicted octanol–water partition coefficient (Wildman–Crippen LogP) is 2.35. The molecule has 0 unspecified atom stereocenters. The molecule has 0 aliphatic carbocycles. The van der Waals surface area contributed by atoms with Gasteiger partial charge in [-0.2, -0.15) is 0 Å². The van der Waals surface area contributed by atoms with E-state index in [1.165, 1.54) is 0 Å². The summed E-state index contributed by atoms with van der Waals surface area (Å²) in [5.74, 6) is 0.701. The van der Waals surface area contributed by atoms with Crippen molar-refractivity contribution in [3.05, 3.63) is 35.4 Å². The molecule has 0 radical (unpaired) electrons. The lowest BCUT2D eigenvalue weighted by Gasteiger charge is -2.08. The summed E-state index contributed by atoms with van der Waals surface area (Å²) in [6.07, 6.45) is 2.99. The van der Waals surface area contributed by atoms with E-state index < -0.39 is 0 Å². The first-order valence-corrected chi connectivity index (χ1v) is 6.70. The second kappa shape index (κ2) is 7.88. The summed E-state index contributed by atoms with van der Waals surface area (Å²) in [7, 11) is 0. The first kappa shape index (κ1) is 14.7. The molecule has 1 aromatic rings. The fourth-order valence-corrected chi connectivity index (χ4v) is 1.85. The van der Waals surface area contributed by atoms with Crippen molar-refractivity contribution in [3.8, 4) is 0 Å². The predicted molar refractivity (Wildman–Crippen MR) is 75.6 cm³/mol. The molecular formula is C15H24N2O. The maximum Gasteiger partial charge on any atom is 0.251 e. The molecule has 0 bridgehead atoms. The molecule has 3 heteroatoms. The Bertz CT molecular complexity index is 375. The van der Waals surface area contributed by atoms with Gasteiger partial charge in [0.2, 0.25) is 0 Å². The zero-order valence-electron chi connectivity index (χ0n) is 11.4. The van der Waals surface area contributed by atoms with E-state index >= 15 is 0 Å². The third kappa shape index (κ3) is 5.32. The van der Waals surface area contributed by atoms with Crippen molar-refractivity contribution in [3.63, 3.8) is 0 Å². The van der Waals surface area contributed by atoms with Crippen molar-refractivity contribution in [1.29, 1.82) is 0 Å². The second-order valence-corrected chi connectivity index (χ2v) is 5.03. The average Bonchev–Trinajstić information content (AvgIpc) is 2.35. The van der Waals surface area contributed by atoms with E-state index in [4.69, 9.17) is 5.73 Å². The quantitative estimate of drug-likeness (QED) is 0.728. The van der Waals surface area contributed by atoms with Gasteiger partial charge in [0.1, 0.15) is 0 Å². The summed E-state index contributed by atoms with van der Waals surface area (Å²) < 4.78 is 0. The normalized spacial score (nSPS) is 10.7. The molecule has 18 heavy (non-hydrogen) atoms. The largest absolute Gasteiger partial charge is 0.352 e. The molecule has 3 nitrogen and oxygen atoms in total. The molecule has 3 N–H and O–H groups in total. The lowest BCUT2D eigenvalue weighted by atomic mass is 10.1. The van der Waals surface area contributed by atoms with Crippen molar-refractivity contribution in [2.75, 3.05) is 13.1 Å². The third-order valence-electron chi connectivity index (χ3n) is 2.87. The number of amides is 1. The molecule has 0 atom stereocenters. The highest BCUT2D eigenvalue weighted by Crippen LogP contribution is 2.06. The van der Waals surface area contributed by atoms with Crippen LogP contribution in [0.4, 0.5) is 0 Å². The van der Waals surface area contributed by atoms with Gasteiger partial charge in [0.15, 0.2) is 0 Å². The highest BCUT2D eigenvalue weighted by molar-refractivity contribution is 5.94. The number of carbonyl (C=O) groups excluding carboxylic acids is 1. The Kier molecular flexibility index (Phi) is 6.44. The maximum atomic E-state index is 11.9. The van der Waals surface area contributed by atoms with Crippen molar-refractivity contribution in [1.82, 2.24) is 5.32 Å². The molecule has 0 aromatic heterocycles. The summed E-state index contributed by atoms with van der Waals surface area (Å²) in [5.41, 5.74) is 7.36. The van der Waals surface area contributed by atoms with Crippen LogP contribution in [0.3, 0.4) is 0 Å². The number of nitrogens with one attached hydrogen (secondary N) is 1. The minimum Gasteiger partial charge on any atom is -0.352 e. The molecule has 0 heterocycles. The van der Waals surface area contributed by atoms with E-state index in [0.29, 0.717) is 12.5 Å². The van der Waals surface area contributed by atoms with Crippen molar-refractivity contribution in [2.24, 2.45) is 11.7 Å². The van der Waals surface area contributed by atoms with E-state index in [1.54, 1.807) is 0 Å². The van der Waals surface area contributed by atoms with Crippen LogP contribution in [0.15, 0.2) is 24.3 Å². The summed E-state index contributed by atoms with van der Waals surface area (Å²) in [6, 6.07) is 7.68. The van der Waals surface area contributed by atoms with Crippen LogP contribution in [0.2, 0.25) is 0 Å². The maximum absolute atomic E-state index is 11.9. The van der Waals surface area contributed by atoms with Crippen molar-refractivity contribution in [2.45, 2.75) is 33.1 Å². The van der Waals surface area contributed by atoms with Gasteiger partial charge in [-0.3, -0.25) is 4.79 Å². The summed E-state index contributed by atoms with van der Waals surface area (Å²) in [5, 5.41) is 2.95. The van der Waals surface area contributed by atoms with Gasteiger partial charge in [-0.15, -0.1) is 0 Å². The van der Waals surface area contributed by atoms with Crippen LogP contribution in [-0.2, 0) is 6.42 Å². The number of hydrogen-bond donors (Lipinski definition) is 2. The zero-order chi connectivity index (χ0) is 13.4. The second-order valence-electron chi connectivity index (χ2n) is 5.03. The van der Waals surface area contributed by atoms with Gasteiger partial charge in [0, 0.05) is 12.1 Å². The summed E-state index contributed by atoms with van der Waals surface area (Å²) >= 11 is 0. The van der Waals surface area contributed by atoms with Gasteiger partial charge >= 0.3 is 0 Å². The van der Waals surface area contributed by atoms with Gasteiger partial charge in [0.05, 0.1) is 0 Å². The van der Waals surface area contributed by atoms with Gasteiger partial charge in [0.25, 0.3) is 5.91 Å². The average molecular weight is 248 g/mol. The molecular weight excluding hydrogens is 224 g/mol. The first-order chi connectivity index (χ1) is 8.63. The first-order valence-electron chi connectivity index (χ1n) is 6.70. The van der Waals surface area contributed by atoms with Gasteiger partial charge in [-0.25, -0.2) is 0 Å². The van der Waals surface area contributed by atoms with Gasteiger partial charge in [-0.05, 0) is 49.4 Å². The Morgan fingerprint density at radius 1 is 1.39 bits per heavy atom. The smallest absolute Gasteiger partial charge is 0.251 e. The van der Waals surface area contributed by atoms with E-state index in [0.717, 1.165) is 36.9 Å². The van der Waals surface area contributed by atoms with Crippen molar-refractivity contribution >= 4 is 5.91 Å². The minimum absolute atomic E-state index is 0.0117. The van der Waals surface area contributed by atoms with E-state index in [2.05, 4.69) is 19.2 Å². The minimum atomic E-state index is 0.0117. The molecule has 1 amide bonds. The Morgan fingerprint density at radius 2 is 2.17 bits per heavy atom. The van der Waals surface area contributed by atoms with Crippen LogP contribution in [0.1, 0.15) is 42.6 Å². The molecule has 1 rings (SSSR count). The summed E-state index contributed by atoms with van der Waals surface area (Å²) in [4.78, 5) is 11.9. The van der Waals surface area contributed by atoms with Crippen LogP contribution >= 0.6 is 0 Å². The topological polar surface area (TPSA) is 55.1 Å². The highest BCUT2D eigenvalue weighted by Gasteiger charge is 2.05. The van der Waals surface area contributed by atoms with Crippen LogP contribution in [-0.4, -0.2) is 19.0 Å². The Balaban J connectivity index is 2.43. The van der Waals surface area contributed by atoms with Crippen LogP contribution < -0.4 is 11.1 Å². The van der Waals surface area contributed by atoms with E-state index in [1.807, 2.05) is 24.3 Å². The van der Waals surface area contributed by atoms with Crippen LogP contribution in [0, 0.1) is 5.92 Å². The molecule has 0 aliphatic heterocycles. The van der Waals surface area contributed by atoms with E-state index in [9.17, 15) is 4.79 Å². The van der Waals surface area contributed by atoms with Crippen LogP contribution in [0.25, 0.3) is 0 Å². The molecule has 1 aromatic carbocycles. The fourth-order valence-electron chi connectivity index (χ4n) is 1.85. The Labute approximate surface area is 110 Å². The van der Waals surface area contributed by atoms with Crippen molar-refractivity contribution < 1.29 is 4.79 Å². The molecule has 0 saturated carbocycles. The van der Waals surface area contributed by atoms with Gasteiger partial charge < -0.3 is 11.1 Å². The monoisotopic (exact) mass is 248 g/mol. The standard InChI is InChI=1S/C15H24N2O/c1-12(2)5-4-10-17-15(18)14-7-3-6-13(11-14)8-9-16/h3,6-7,11-12H,4-5,8-10,16H2,1-2H3,(H,17,18). The number of hydrogen-bond acceptors (Lipinski definition) is 2. The number of carbonyl (C=O) groups is 1. The number of nitrogens with two attached hydrogens (primary N) is 1. The summed E-state index contributed by atoms with van der Waals surface area (Å²) in [6.45, 7) is 5.74. The number of benzene rings is 1. The Hall–Kier alpha value is -1.35. The molecule has 0 aliphatic rings. The molecule has 0 fully saturated rings. The molecule has 0 spiro atoms. The van der Waals surface area contributed by atoms with E-state index in [-0.39, 0.29) is 5.91 Å². The lowest BCUT2D eigenvalue weighted by Crippen LogP contribution is -2.24. The highest BCUT2D eigenvalue weighted by atomic mass is 16.1.